The van der Waals surface area contributed by atoms with Crippen molar-refractivity contribution in [3.05, 3.63) is 41.9 Å². The van der Waals surface area contributed by atoms with Gasteiger partial charge in [0.1, 0.15) is 0 Å². The second-order valence-electron chi connectivity index (χ2n) is 6.07. The predicted octanol–water partition coefficient (Wildman–Crippen LogP) is 2.89. The van der Waals surface area contributed by atoms with Crippen molar-refractivity contribution in [2.45, 2.75) is 32.0 Å². The van der Waals surface area contributed by atoms with Gasteiger partial charge < -0.3 is 13.9 Å². The summed E-state index contributed by atoms with van der Waals surface area (Å²) in [6.07, 6.45) is 3.05. The molecule has 0 unspecified atom stereocenters. The minimum absolute atomic E-state index is 0.251. The lowest BCUT2D eigenvalue weighted by Gasteiger charge is -2.21. The Morgan fingerprint density at radius 2 is 2.13 bits per heavy atom. The van der Waals surface area contributed by atoms with Crippen LogP contribution in [0, 0.1) is 6.92 Å². The maximum atomic E-state index is 5.97. The molecule has 5 nitrogen and oxygen atoms in total. The van der Waals surface area contributed by atoms with Crippen molar-refractivity contribution in [2.24, 2.45) is 0 Å². The van der Waals surface area contributed by atoms with Crippen molar-refractivity contribution in [3.8, 4) is 11.3 Å². The zero-order chi connectivity index (χ0) is 16.2. The van der Waals surface area contributed by atoms with Gasteiger partial charge in [0.15, 0.2) is 5.76 Å². The molecule has 23 heavy (non-hydrogen) atoms. The smallest absolute Gasteiger partial charge is 0.209 e. The summed E-state index contributed by atoms with van der Waals surface area (Å²) in [6.45, 7) is 4.34. The van der Waals surface area contributed by atoms with Gasteiger partial charge in [0.25, 0.3) is 0 Å². The van der Waals surface area contributed by atoms with Gasteiger partial charge in [-0.05, 0) is 18.9 Å². The number of nitrogens with zero attached hydrogens (tertiary/aromatic N) is 2. The maximum absolute atomic E-state index is 5.97. The summed E-state index contributed by atoms with van der Waals surface area (Å²) >= 11 is 0. The second kappa shape index (κ2) is 7.25. The molecule has 2 heterocycles. The standard InChI is InChI=1S/C18H24N2O3/c1-13-6-4-5-7-16(13)17-9-19-18(23-17)11-20-10-15(22-3)8-14(20)12-21-2/h4-7,9,14-15H,8,10-12H2,1-3H3/t14-,15+/m0/s1. The third-order valence-corrected chi connectivity index (χ3v) is 4.48. The highest BCUT2D eigenvalue weighted by Crippen LogP contribution is 2.26. The van der Waals surface area contributed by atoms with Crippen LogP contribution in [0.25, 0.3) is 11.3 Å². The average Bonchev–Trinajstić information content (AvgIpc) is 3.16. The second-order valence-corrected chi connectivity index (χ2v) is 6.07. The average molecular weight is 316 g/mol. The van der Waals surface area contributed by atoms with Gasteiger partial charge in [-0.25, -0.2) is 4.98 Å². The van der Waals surface area contributed by atoms with E-state index in [0.717, 1.165) is 30.2 Å². The first-order valence-corrected chi connectivity index (χ1v) is 7.97. The Labute approximate surface area is 137 Å². The molecule has 5 heteroatoms. The number of hydrogen-bond donors (Lipinski definition) is 0. The number of aromatic nitrogens is 1. The van der Waals surface area contributed by atoms with E-state index < -0.39 is 0 Å². The Hall–Kier alpha value is -1.69. The van der Waals surface area contributed by atoms with Gasteiger partial charge in [0, 0.05) is 32.4 Å². The number of hydrogen-bond acceptors (Lipinski definition) is 5. The van der Waals surface area contributed by atoms with Crippen molar-refractivity contribution < 1.29 is 13.9 Å². The van der Waals surface area contributed by atoms with Crippen LogP contribution in [0.5, 0.6) is 0 Å². The van der Waals surface area contributed by atoms with Gasteiger partial charge in [0.2, 0.25) is 5.89 Å². The molecule has 124 valence electrons. The zero-order valence-electron chi connectivity index (χ0n) is 14.0. The molecule has 0 N–H and O–H groups in total. The van der Waals surface area contributed by atoms with Crippen molar-refractivity contribution in [3.63, 3.8) is 0 Å². The van der Waals surface area contributed by atoms with Crippen LogP contribution in [0.4, 0.5) is 0 Å². The lowest BCUT2D eigenvalue weighted by Crippen LogP contribution is -2.32. The van der Waals surface area contributed by atoms with Gasteiger partial charge >= 0.3 is 0 Å². The molecule has 1 fully saturated rings. The Kier molecular flexibility index (Phi) is 5.10. The van der Waals surface area contributed by atoms with Gasteiger partial charge in [-0.1, -0.05) is 24.3 Å². The number of ether oxygens (including phenoxy) is 2. The minimum atomic E-state index is 0.251. The molecule has 1 aliphatic heterocycles. The van der Waals surface area contributed by atoms with Crippen LogP contribution >= 0.6 is 0 Å². The molecule has 1 saturated heterocycles. The van der Waals surface area contributed by atoms with Gasteiger partial charge in [-0.15, -0.1) is 0 Å². The summed E-state index contributed by atoms with van der Waals surface area (Å²) in [5, 5.41) is 0. The minimum Gasteiger partial charge on any atom is -0.439 e. The summed E-state index contributed by atoms with van der Waals surface area (Å²) in [6, 6.07) is 8.53. The maximum Gasteiger partial charge on any atom is 0.209 e. The SMILES string of the molecule is COC[C@@H]1C[C@@H](OC)CN1Cc1ncc(-c2ccccc2C)o1. The van der Waals surface area contributed by atoms with Crippen molar-refractivity contribution >= 4 is 0 Å². The number of benzene rings is 1. The Bertz CT molecular complexity index is 641. The fraction of sp³-hybridized carbons (Fsp3) is 0.500. The third kappa shape index (κ3) is 3.63. The van der Waals surface area contributed by atoms with E-state index in [2.05, 4.69) is 28.9 Å². The Balaban J connectivity index is 1.72. The van der Waals surface area contributed by atoms with E-state index in [1.807, 2.05) is 18.3 Å². The first-order valence-electron chi connectivity index (χ1n) is 7.97. The number of oxazole rings is 1. The molecule has 1 aromatic heterocycles. The first kappa shape index (κ1) is 16.2. The highest BCUT2D eigenvalue weighted by atomic mass is 16.5. The van der Waals surface area contributed by atoms with Crippen LogP contribution in [0.15, 0.2) is 34.9 Å². The van der Waals surface area contributed by atoms with Gasteiger partial charge in [-0.2, -0.15) is 0 Å². The molecule has 1 aliphatic rings. The Morgan fingerprint density at radius 3 is 2.87 bits per heavy atom. The molecule has 2 atom stereocenters. The van der Waals surface area contributed by atoms with E-state index in [9.17, 15) is 0 Å². The lowest BCUT2D eigenvalue weighted by molar-refractivity contribution is 0.102. The molecule has 0 radical (unpaired) electrons. The fourth-order valence-electron chi connectivity index (χ4n) is 3.20. The summed E-state index contributed by atoms with van der Waals surface area (Å²) in [4.78, 5) is 6.78. The Morgan fingerprint density at radius 1 is 1.30 bits per heavy atom. The predicted molar refractivity (Wildman–Crippen MR) is 88.2 cm³/mol. The highest BCUT2D eigenvalue weighted by molar-refractivity contribution is 5.60. The van der Waals surface area contributed by atoms with E-state index in [1.165, 1.54) is 5.56 Å². The normalized spacial score (nSPS) is 21.9. The van der Waals surface area contributed by atoms with Crippen molar-refractivity contribution in [1.29, 1.82) is 0 Å². The molecule has 0 bridgehead atoms. The van der Waals surface area contributed by atoms with Crippen molar-refractivity contribution in [2.75, 3.05) is 27.4 Å². The van der Waals surface area contributed by atoms with Crippen LogP contribution in [-0.2, 0) is 16.0 Å². The van der Waals surface area contributed by atoms with E-state index in [4.69, 9.17) is 13.9 Å². The van der Waals surface area contributed by atoms with Gasteiger partial charge in [-0.3, -0.25) is 4.90 Å². The molecule has 0 amide bonds. The highest BCUT2D eigenvalue weighted by Gasteiger charge is 2.32. The number of methoxy groups -OCH3 is 2. The number of likely N-dealkylation sites (tertiary alicyclic amines) is 1. The molecule has 0 saturated carbocycles. The van der Waals surface area contributed by atoms with E-state index >= 15 is 0 Å². The summed E-state index contributed by atoms with van der Waals surface area (Å²) < 4.78 is 16.8. The number of aryl methyl sites for hydroxylation is 1. The fourth-order valence-corrected chi connectivity index (χ4v) is 3.20. The molecular formula is C18H24N2O3. The van der Waals surface area contributed by atoms with E-state index in [-0.39, 0.29) is 6.10 Å². The van der Waals surface area contributed by atoms with Gasteiger partial charge in [0.05, 0.1) is 25.5 Å². The first-order chi connectivity index (χ1) is 11.2. The van der Waals surface area contributed by atoms with E-state index in [1.54, 1.807) is 14.2 Å². The molecule has 3 rings (SSSR count). The van der Waals surface area contributed by atoms with E-state index in [0.29, 0.717) is 19.2 Å². The number of rotatable bonds is 6. The molecule has 0 spiro atoms. The molecular weight excluding hydrogens is 292 g/mol. The monoisotopic (exact) mass is 316 g/mol. The zero-order valence-corrected chi connectivity index (χ0v) is 14.0. The van der Waals surface area contributed by atoms with Crippen LogP contribution in [0.3, 0.4) is 0 Å². The third-order valence-electron chi connectivity index (χ3n) is 4.48. The quantitative estimate of drug-likeness (QED) is 0.820. The molecule has 2 aromatic rings. The lowest BCUT2D eigenvalue weighted by atomic mass is 10.1. The molecule has 1 aromatic carbocycles. The van der Waals surface area contributed by atoms with Crippen LogP contribution in [0.2, 0.25) is 0 Å². The molecule has 0 aliphatic carbocycles. The topological polar surface area (TPSA) is 47.7 Å². The van der Waals surface area contributed by atoms with Crippen molar-refractivity contribution in [1.82, 2.24) is 9.88 Å². The van der Waals surface area contributed by atoms with Crippen LogP contribution in [-0.4, -0.2) is 49.4 Å². The summed E-state index contributed by atoms with van der Waals surface area (Å²) in [5.41, 5.74) is 2.28. The largest absolute Gasteiger partial charge is 0.439 e. The van der Waals surface area contributed by atoms with Crippen LogP contribution in [0.1, 0.15) is 17.9 Å². The van der Waals surface area contributed by atoms with Crippen LogP contribution < -0.4 is 0 Å². The summed E-state index contributed by atoms with van der Waals surface area (Å²) in [5.74, 6) is 1.56. The summed E-state index contributed by atoms with van der Waals surface area (Å²) in [7, 11) is 3.50.